The van der Waals surface area contributed by atoms with Gasteiger partial charge in [0.05, 0.1) is 19.1 Å². The van der Waals surface area contributed by atoms with Crippen molar-refractivity contribution in [2.45, 2.75) is 26.3 Å². The second-order valence-electron chi connectivity index (χ2n) is 6.68. The Labute approximate surface area is 172 Å². The van der Waals surface area contributed by atoms with Crippen LogP contribution in [0.1, 0.15) is 22.6 Å². The topological polar surface area (TPSA) is 172 Å². The molecular formula is C18H24N10O2. The smallest absolute Gasteiger partial charge is 0.244 e. The van der Waals surface area contributed by atoms with Gasteiger partial charge in [-0.25, -0.2) is 10.2 Å². The monoisotopic (exact) mass is 412 g/mol. The summed E-state index contributed by atoms with van der Waals surface area (Å²) in [5.41, 5.74) is 7.73. The summed E-state index contributed by atoms with van der Waals surface area (Å²) in [6, 6.07) is 3.96. The first kappa shape index (κ1) is 19.4. The highest BCUT2D eigenvalue weighted by molar-refractivity contribution is 5.34. The standard InChI is InChI=1S/C18H24N10O2/c1-11-13(4-7-29-11)3-6-21-17-24-18(28-27-17)22-9-14-8-12(10-30-14)2-5-20-16-23-15(19)25-26-16/h4,7-8,10H,2-3,5-6,9H2,1H3,(H4,19,20,23,25,26)(H3,21,22,24,27,28). The second kappa shape index (κ2) is 9.03. The fourth-order valence-corrected chi connectivity index (χ4v) is 2.89. The average molecular weight is 412 g/mol. The van der Waals surface area contributed by atoms with Crippen LogP contribution in [0, 0.1) is 6.92 Å². The van der Waals surface area contributed by atoms with E-state index >= 15 is 0 Å². The molecule has 0 aromatic carbocycles. The Hall–Kier alpha value is -3.96. The van der Waals surface area contributed by atoms with Gasteiger partial charge in [-0.3, -0.25) is 0 Å². The summed E-state index contributed by atoms with van der Waals surface area (Å²) in [5.74, 6) is 3.60. The van der Waals surface area contributed by atoms with Gasteiger partial charge < -0.3 is 30.5 Å². The Morgan fingerprint density at radius 1 is 1.00 bits per heavy atom. The van der Waals surface area contributed by atoms with E-state index in [9.17, 15) is 0 Å². The molecule has 0 saturated heterocycles. The van der Waals surface area contributed by atoms with Crippen molar-refractivity contribution in [3.05, 3.63) is 47.3 Å². The van der Waals surface area contributed by atoms with Crippen LogP contribution in [-0.2, 0) is 19.4 Å². The molecule has 0 amide bonds. The molecule has 4 rings (SSSR count). The van der Waals surface area contributed by atoms with Gasteiger partial charge in [-0.05, 0) is 43.0 Å². The lowest BCUT2D eigenvalue weighted by molar-refractivity contribution is 0.515. The number of nitrogens with zero attached hydrogens (tertiary/aromatic N) is 4. The van der Waals surface area contributed by atoms with E-state index in [4.69, 9.17) is 14.6 Å². The highest BCUT2D eigenvalue weighted by Gasteiger charge is 2.07. The molecule has 0 radical (unpaired) electrons. The third-order valence-electron chi connectivity index (χ3n) is 4.47. The third kappa shape index (κ3) is 5.10. The zero-order valence-corrected chi connectivity index (χ0v) is 16.5. The summed E-state index contributed by atoms with van der Waals surface area (Å²) in [4.78, 5) is 8.36. The summed E-state index contributed by atoms with van der Waals surface area (Å²) >= 11 is 0. The van der Waals surface area contributed by atoms with E-state index in [-0.39, 0.29) is 5.95 Å². The number of furan rings is 2. The second-order valence-corrected chi connectivity index (χ2v) is 6.68. The first-order valence-corrected chi connectivity index (χ1v) is 9.57. The number of anilines is 4. The Balaban J connectivity index is 1.17. The fraction of sp³-hybridized carbons (Fsp3) is 0.333. The maximum absolute atomic E-state index is 5.58. The van der Waals surface area contributed by atoms with Gasteiger partial charge in [-0.15, -0.1) is 10.2 Å². The van der Waals surface area contributed by atoms with Gasteiger partial charge in [0, 0.05) is 13.1 Å². The lowest BCUT2D eigenvalue weighted by Crippen LogP contribution is -2.06. The Morgan fingerprint density at radius 2 is 1.83 bits per heavy atom. The van der Waals surface area contributed by atoms with Gasteiger partial charge in [0.1, 0.15) is 11.5 Å². The molecule has 30 heavy (non-hydrogen) atoms. The number of hydrogen-bond donors (Lipinski definition) is 6. The van der Waals surface area contributed by atoms with Crippen LogP contribution < -0.4 is 21.7 Å². The number of H-pyrrole nitrogens is 2. The highest BCUT2D eigenvalue weighted by atomic mass is 16.3. The van der Waals surface area contributed by atoms with E-state index in [2.05, 4.69) is 46.3 Å². The minimum absolute atomic E-state index is 0.285. The van der Waals surface area contributed by atoms with Crippen LogP contribution in [-0.4, -0.2) is 43.5 Å². The largest absolute Gasteiger partial charge is 0.469 e. The van der Waals surface area contributed by atoms with Gasteiger partial charge in [0.25, 0.3) is 0 Å². The molecule has 0 bridgehead atoms. The SMILES string of the molecule is Cc1occc1CCNc1nc(NCc2cc(CCNc3n[nH]c(N)n3)co2)n[nH]1. The van der Waals surface area contributed by atoms with E-state index in [1.54, 1.807) is 12.5 Å². The molecule has 4 aromatic heterocycles. The normalized spacial score (nSPS) is 11.0. The van der Waals surface area contributed by atoms with Crippen molar-refractivity contribution in [2.75, 3.05) is 34.8 Å². The van der Waals surface area contributed by atoms with Crippen molar-refractivity contribution in [1.82, 2.24) is 30.4 Å². The average Bonchev–Trinajstić information content (AvgIpc) is 3.51. The minimum Gasteiger partial charge on any atom is -0.469 e. The lowest BCUT2D eigenvalue weighted by atomic mass is 10.2. The number of nitrogens with one attached hydrogen (secondary N) is 5. The molecular weight excluding hydrogens is 388 g/mol. The van der Waals surface area contributed by atoms with Crippen molar-refractivity contribution < 1.29 is 8.83 Å². The molecule has 0 saturated carbocycles. The Kier molecular flexibility index (Phi) is 5.83. The summed E-state index contributed by atoms with van der Waals surface area (Å²) in [6.45, 7) is 3.83. The van der Waals surface area contributed by atoms with Crippen molar-refractivity contribution >= 4 is 23.8 Å². The maximum Gasteiger partial charge on any atom is 0.244 e. The first-order valence-electron chi connectivity index (χ1n) is 9.57. The molecule has 4 heterocycles. The van der Waals surface area contributed by atoms with Crippen LogP contribution >= 0.6 is 0 Å². The molecule has 158 valence electrons. The van der Waals surface area contributed by atoms with Crippen molar-refractivity contribution in [3.8, 4) is 0 Å². The van der Waals surface area contributed by atoms with Crippen LogP contribution in [0.5, 0.6) is 0 Å². The minimum atomic E-state index is 0.285. The van der Waals surface area contributed by atoms with E-state index in [0.29, 0.717) is 30.9 Å². The van der Waals surface area contributed by atoms with Crippen molar-refractivity contribution in [2.24, 2.45) is 0 Å². The van der Waals surface area contributed by atoms with E-state index in [1.807, 2.05) is 19.1 Å². The summed E-state index contributed by atoms with van der Waals surface area (Å²) in [7, 11) is 0. The van der Waals surface area contributed by atoms with Gasteiger partial charge >= 0.3 is 0 Å². The first-order chi connectivity index (χ1) is 14.7. The fourth-order valence-electron chi connectivity index (χ4n) is 2.89. The Morgan fingerprint density at radius 3 is 2.63 bits per heavy atom. The van der Waals surface area contributed by atoms with Gasteiger partial charge in [-0.1, -0.05) is 0 Å². The van der Waals surface area contributed by atoms with Gasteiger partial charge in [0.15, 0.2) is 0 Å². The van der Waals surface area contributed by atoms with Crippen LogP contribution in [0.25, 0.3) is 0 Å². The van der Waals surface area contributed by atoms with Gasteiger partial charge in [-0.2, -0.15) is 9.97 Å². The number of aromatic nitrogens is 6. The quantitative estimate of drug-likeness (QED) is 0.214. The highest BCUT2D eigenvalue weighted by Crippen LogP contribution is 2.12. The zero-order chi connectivity index (χ0) is 20.8. The summed E-state index contributed by atoms with van der Waals surface area (Å²) < 4.78 is 10.9. The molecule has 0 aliphatic carbocycles. The molecule has 0 atom stereocenters. The molecule has 12 heteroatoms. The lowest BCUT2D eigenvalue weighted by Gasteiger charge is -2.01. The zero-order valence-electron chi connectivity index (χ0n) is 16.5. The van der Waals surface area contributed by atoms with Crippen molar-refractivity contribution in [1.29, 1.82) is 0 Å². The maximum atomic E-state index is 5.58. The molecule has 12 nitrogen and oxygen atoms in total. The predicted molar refractivity (Wildman–Crippen MR) is 111 cm³/mol. The van der Waals surface area contributed by atoms with Crippen LogP contribution in [0.2, 0.25) is 0 Å². The number of aromatic amines is 2. The number of aryl methyl sites for hydroxylation is 1. The molecule has 7 N–H and O–H groups in total. The number of nitrogen functional groups attached to an aromatic ring is 1. The molecule has 0 unspecified atom stereocenters. The number of rotatable bonds is 11. The predicted octanol–water partition coefficient (Wildman–Crippen LogP) is 1.92. The molecule has 0 spiro atoms. The Bertz CT molecular complexity index is 1060. The number of hydrogen-bond acceptors (Lipinski definition) is 10. The molecule has 4 aromatic rings. The molecule has 0 fully saturated rings. The van der Waals surface area contributed by atoms with E-state index in [0.717, 1.165) is 36.5 Å². The molecule has 0 aliphatic rings. The van der Waals surface area contributed by atoms with Crippen LogP contribution in [0.3, 0.4) is 0 Å². The van der Waals surface area contributed by atoms with Crippen LogP contribution in [0.4, 0.5) is 23.8 Å². The third-order valence-corrected chi connectivity index (χ3v) is 4.47. The summed E-state index contributed by atoms with van der Waals surface area (Å²) in [6.07, 6.45) is 5.04. The van der Waals surface area contributed by atoms with Gasteiger partial charge in [0.2, 0.25) is 23.8 Å². The van der Waals surface area contributed by atoms with E-state index in [1.165, 1.54) is 5.56 Å². The number of nitrogens with two attached hydrogens (primary N) is 1. The summed E-state index contributed by atoms with van der Waals surface area (Å²) in [5, 5.41) is 22.9. The molecule has 0 aliphatic heterocycles. The van der Waals surface area contributed by atoms with Crippen molar-refractivity contribution in [3.63, 3.8) is 0 Å². The van der Waals surface area contributed by atoms with E-state index < -0.39 is 0 Å². The van der Waals surface area contributed by atoms with Crippen LogP contribution in [0.15, 0.2) is 33.5 Å².